The van der Waals surface area contributed by atoms with Crippen LogP contribution in [0.3, 0.4) is 0 Å². The Labute approximate surface area is 88.1 Å². The molecule has 0 spiro atoms. The molecule has 0 aliphatic carbocycles. The Kier molecular flexibility index (Phi) is 6.20. The first-order valence-electron chi connectivity index (χ1n) is 6.22. The number of hydrogen-bond donors (Lipinski definition) is 2. The number of rotatable bonds is 5. The molecule has 1 saturated heterocycles. The molecule has 14 heavy (non-hydrogen) atoms. The van der Waals surface area contributed by atoms with Gasteiger partial charge in [0.15, 0.2) is 0 Å². The van der Waals surface area contributed by atoms with E-state index in [4.69, 9.17) is 5.11 Å². The van der Waals surface area contributed by atoms with Gasteiger partial charge in [0.25, 0.3) is 0 Å². The molecule has 2 heteroatoms. The number of aliphatic hydroxyl groups excluding tert-OH is 1. The second kappa shape index (κ2) is 7.24. The molecule has 0 radical (unpaired) electrons. The van der Waals surface area contributed by atoms with E-state index < -0.39 is 0 Å². The summed E-state index contributed by atoms with van der Waals surface area (Å²) < 4.78 is 0. The molecule has 0 amide bonds. The molecule has 0 aromatic rings. The smallest absolute Gasteiger partial charge is 0.0431 e. The van der Waals surface area contributed by atoms with Crippen molar-refractivity contribution in [1.29, 1.82) is 0 Å². The molecule has 1 fully saturated rings. The van der Waals surface area contributed by atoms with Gasteiger partial charge in [0, 0.05) is 12.6 Å². The molecule has 2 nitrogen and oxygen atoms in total. The summed E-state index contributed by atoms with van der Waals surface area (Å²) in [7, 11) is 0. The monoisotopic (exact) mass is 199 g/mol. The molecule has 84 valence electrons. The fraction of sp³-hybridized carbons (Fsp3) is 1.00. The molecule has 1 aliphatic rings. The van der Waals surface area contributed by atoms with Crippen molar-refractivity contribution < 1.29 is 5.11 Å². The second-order valence-electron chi connectivity index (χ2n) is 4.44. The van der Waals surface area contributed by atoms with Gasteiger partial charge in [-0.2, -0.15) is 0 Å². The fourth-order valence-electron chi connectivity index (χ4n) is 2.50. The molecular weight excluding hydrogens is 174 g/mol. The minimum atomic E-state index is 0.350. The Bertz CT molecular complexity index is 130. The third-order valence-corrected chi connectivity index (χ3v) is 3.42. The van der Waals surface area contributed by atoms with Crippen LogP contribution in [0.4, 0.5) is 0 Å². The molecule has 0 aromatic heterocycles. The number of hydrogen-bond acceptors (Lipinski definition) is 2. The van der Waals surface area contributed by atoms with Crippen LogP contribution in [0.15, 0.2) is 0 Å². The zero-order chi connectivity index (χ0) is 10.2. The van der Waals surface area contributed by atoms with Crippen molar-refractivity contribution in [3.63, 3.8) is 0 Å². The first-order chi connectivity index (χ1) is 6.88. The minimum Gasteiger partial charge on any atom is -0.396 e. The predicted octanol–water partition coefficient (Wildman–Crippen LogP) is 2.32. The van der Waals surface area contributed by atoms with Gasteiger partial charge in [-0.15, -0.1) is 0 Å². The van der Waals surface area contributed by atoms with Crippen LogP contribution in [0.5, 0.6) is 0 Å². The van der Waals surface area contributed by atoms with E-state index in [-0.39, 0.29) is 0 Å². The largest absolute Gasteiger partial charge is 0.396 e. The summed E-state index contributed by atoms with van der Waals surface area (Å²) in [4.78, 5) is 0. The predicted molar refractivity (Wildman–Crippen MR) is 60.4 cm³/mol. The van der Waals surface area contributed by atoms with E-state index in [1.807, 2.05) is 0 Å². The van der Waals surface area contributed by atoms with Crippen LogP contribution in [0.2, 0.25) is 0 Å². The van der Waals surface area contributed by atoms with Crippen LogP contribution < -0.4 is 5.32 Å². The fourth-order valence-corrected chi connectivity index (χ4v) is 2.50. The highest BCUT2D eigenvalue weighted by Gasteiger charge is 2.20. The van der Waals surface area contributed by atoms with E-state index in [2.05, 4.69) is 12.2 Å². The van der Waals surface area contributed by atoms with Crippen molar-refractivity contribution in [2.75, 3.05) is 13.2 Å². The third kappa shape index (κ3) is 3.97. The highest BCUT2D eigenvalue weighted by atomic mass is 16.2. The van der Waals surface area contributed by atoms with Crippen molar-refractivity contribution in [3.05, 3.63) is 0 Å². The Hall–Kier alpha value is -0.0800. The van der Waals surface area contributed by atoms with Gasteiger partial charge in [-0.1, -0.05) is 26.2 Å². The van der Waals surface area contributed by atoms with Crippen LogP contribution in [0, 0.1) is 5.92 Å². The average molecular weight is 199 g/mol. The van der Waals surface area contributed by atoms with Gasteiger partial charge in [-0.3, -0.25) is 0 Å². The Morgan fingerprint density at radius 1 is 1.36 bits per heavy atom. The van der Waals surface area contributed by atoms with Crippen molar-refractivity contribution in [3.8, 4) is 0 Å². The summed E-state index contributed by atoms with van der Waals surface area (Å²) in [5.74, 6) is 0.778. The van der Waals surface area contributed by atoms with Crippen LogP contribution in [0.25, 0.3) is 0 Å². The van der Waals surface area contributed by atoms with Crippen LogP contribution in [-0.4, -0.2) is 24.3 Å². The van der Waals surface area contributed by atoms with E-state index in [1.165, 1.54) is 45.1 Å². The summed E-state index contributed by atoms with van der Waals surface area (Å²) in [5, 5.41) is 12.5. The van der Waals surface area contributed by atoms with E-state index >= 15 is 0 Å². The summed E-state index contributed by atoms with van der Waals surface area (Å²) in [6, 6.07) is 0.717. The van der Waals surface area contributed by atoms with Gasteiger partial charge in [-0.05, 0) is 38.1 Å². The SMILES string of the molecule is CCC(CCCO)C1CCCCCN1. The van der Waals surface area contributed by atoms with Gasteiger partial charge in [0.1, 0.15) is 0 Å². The van der Waals surface area contributed by atoms with Crippen LogP contribution >= 0.6 is 0 Å². The standard InChI is InChI=1S/C12H25NO/c1-2-11(7-6-10-14)12-8-4-3-5-9-13-12/h11-14H,2-10H2,1H3. The first kappa shape index (κ1) is 12.0. The van der Waals surface area contributed by atoms with E-state index in [9.17, 15) is 0 Å². The van der Waals surface area contributed by atoms with Crippen LogP contribution in [0.1, 0.15) is 51.9 Å². The van der Waals surface area contributed by atoms with Gasteiger partial charge >= 0.3 is 0 Å². The Morgan fingerprint density at radius 2 is 2.21 bits per heavy atom. The van der Waals surface area contributed by atoms with Crippen molar-refractivity contribution in [1.82, 2.24) is 5.32 Å². The quantitative estimate of drug-likeness (QED) is 0.712. The maximum absolute atomic E-state index is 8.84. The maximum Gasteiger partial charge on any atom is 0.0431 e. The normalized spacial score (nSPS) is 25.7. The highest BCUT2D eigenvalue weighted by Crippen LogP contribution is 2.22. The lowest BCUT2D eigenvalue weighted by molar-refractivity contribution is 0.248. The molecule has 0 saturated carbocycles. The van der Waals surface area contributed by atoms with Crippen molar-refractivity contribution in [2.24, 2.45) is 5.92 Å². The van der Waals surface area contributed by atoms with E-state index in [0.717, 1.165) is 12.3 Å². The van der Waals surface area contributed by atoms with Crippen molar-refractivity contribution >= 4 is 0 Å². The average Bonchev–Trinajstić information content (AvgIpc) is 2.48. The van der Waals surface area contributed by atoms with E-state index in [1.54, 1.807) is 0 Å². The summed E-state index contributed by atoms with van der Waals surface area (Å²) in [6.07, 6.45) is 8.85. The molecule has 2 atom stereocenters. The van der Waals surface area contributed by atoms with Gasteiger partial charge in [0.2, 0.25) is 0 Å². The first-order valence-corrected chi connectivity index (χ1v) is 6.22. The summed E-state index contributed by atoms with van der Waals surface area (Å²) in [5.41, 5.74) is 0. The molecule has 2 unspecified atom stereocenters. The molecular formula is C12H25NO. The topological polar surface area (TPSA) is 32.3 Å². The molecule has 0 aromatic carbocycles. The zero-order valence-corrected chi connectivity index (χ0v) is 9.47. The minimum absolute atomic E-state index is 0.350. The number of nitrogens with one attached hydrogen (secondary N) is 1. The Morgan fingerprint density at radius 3 is 2.93 bits per heavy atom. The molecule has 0 bridgehead atoms. The molecule has 1 heterocycles. The molecule has 1 aliphatic heterocycles. The second-order valence-corrected chi connectivity index (χ2v) is 4.44. The van der Waals surface area contributed by atoms with Crippen LogP contribution in [-0.2, 0) is 0 Å². The summed E-state index contributed by atoms with van der Waals surface area (Å²) >= 11 is 0. The summed E-state index contributed by atoms with van der Waals surface area (Å²) in [6.45, 7) is 3.82. The maximum atomic E-state index is 8.84. The molecule has 1 rings (SSSR count). The van der Waals surface area contributed by atoms with Crippen molar-refractivity contribution in [2.45, 2.75) is 57.9 Å². The Balaban J connectivity index is 2.32. The highest BCUT2D eigenvalue weighted by molar-refractivity contribution is 4.77. The lowest BCUT2D eigenvalue weighted by Gasteiger charge is -2.25. The van der Waals surface area contributed by atoms with Gasteiger partial charge in [-0.25, -0.2) is 0 Å². The van der Waals surface area contributed by atoms with E-state index in [0.29, 0.717) is 12.6 Å². The third-order valence-electron chi connectivity index (χ3n) is 3.42. The zero-order valence-electron chi connectivity index (χ0n) is 9.47. The lowest BCUT2D eigenvalue weighted by Crippen LogP contribution is -2.35. The number of aliphatic hydroxyl groups is 1. The van der Waals surface area contributed by atoms with Gasteiger partial charge < -0.3 is 10.4 Å². The lowest BCUT2D eigenvalue weighted by atomic mass is 9.89. The molecule has 2 N–H and O–H groups in total. The van der Waals surface area contributed by atoms with Gasteiger partial charge in [0.05, 0.1) is 0 Å².